The minimum Gasteiger partial charge on any atom is -0.350 e. The summed E-state index contributed by atoms with van der Waals surface area (Å²) >= 11 is 0. The summed E-state index contributed by atoms with van der Waals surface area (Å²) in [5.41, 5.74) is 0.343. The van der Waals surface area contributed by atoms with Crippen molar-refractivity contribution in [1.29, 1.82) is 0 Å². The molecule has 1 aromatic carbocycles. The van der Waals surface area contributed by atoms with Gasteiger partial charge in [0.25, 0.3) is 5.91 Å². The molecule has 0 unspecified atom stereocenters. The fraction of sp³-hybridized carbons (Fsp3) is 0.533. The summed E-state index contributed by atoms with van der Waals surface area (Å²) in [7, 11) is -3.57. The number of hydrogen-bond acceptors (Lipinski definition) is 3. The maximum Gasteiger partial charge on any atom is 0.251 e. The number of hydrogen-bond donors (Lipinski definition) is 2. The van der Waals surface area contributed by atoms with Crippen LogP contribution in [0.15, 0.2) is 29.2 Å². The first-order valence-electron chi connectivity index (χ1n) is 7.13. The van der Waals surface area contributed by atoms with Gasteiger partial charge in [-0.2, -0.15) is 0 Å². The monoisotopic (exact) mass is 312 g/mol. The van der Waals surface area contributed by atoms with Crippen molar-refractivity contribution in [2.45, 2.75) is 45.1 Å². The molecule has 6 heteroatoms. The third-order valence-electron chi connectivity index (χ3n) is 2.84. The van der Waals surface area contributed by atoms with Gasteiger partial charge in [-0.1, -0.05) is 19.9 Å². The molecule has 0 bridgehead atoms. The van der Waals surface area contributed by atoms with Crippen molar-refractivity contribution in [3.63, 3.8) is 0 Å². The molecule has 21 heavy (non-hydrogen) atoms. The molecule has 0 saturated carbocycles. The summed E-state index contributed by atoms with van der Waals surface area (Å²) in [5.74, 6) is 0.153. The first-order chi connectivity index (χ1) is 9.72. The quantitative estimate of drug-likeness (QED) is 0.810. The molecule has 0 aromatic heterocycles. The minimum absolute atomic E-state index is 0.00179. The van der Waals surface area contributed by atoms with Crippen molar-refractivity contribution < 1.29 is 13.2 Å². The molecule has 0 aliphatic rings. The summed E-state index contributed by atoms with van der Waals surface area (Å²) in [5, 5.41) is 2.74. The van der Waals surface area contributed by atoms with E-state index in [1.54, 1.807) is 12.1 Å². The lowest BCUT2D eigenvalue weighted by atomic mass is 10.1. The Bertz CT molecular complexity index is 580. The first-order valence-corrected chi connectivity index (χ1v) is 8.61. The molecule has 0 heterocycles. The molecule has 0 aliphatic heterocycles. The second-order valence-electron chi connectivity index (χ2n) is 5.74. The highest BCUT2D eigenvalue weighted by molar-refractivity contribution is 7.89. The predicted molar refractivity (Wildman–Crippen MR) is 83.7 cm³/mol. The summed E-state index contributed by atoms with van der Waals surface area (Å²) in [6.07, 6.45) is 0.771. The van der Waals surface area contributed by atoms with E-state index in [-0.39, 0.29) is 16.8 Å². The Balaban J connectivity index is 2.86. The second kappa shape index (κ2) is 7.56. The lowest BCUT2D eigenvalue weighted by Gasteiger charge is -2.11. The van der Waals surface area contributed by atoms with Gasteiger partial charge >= 0.3 is 0 Å². The van der Waals surface area contributed by atoms with Gasteiger partial charge in [-0.25, -0.2) is 13.1 Å². The highest BCUT2D eigenvalue weighted by Crippen LogP contribution is 2.12. The lowest BCUT2D eigenvalue weighted by molar-refractivity contribution is 0.0943. The van der Waals surface area contributed by atoms with E-state index in [0.29, 0.717) is 18.0 Å². The van der Waals surface area contributed by atoms with Crippen molar-refractivity contribution in [2.24, 2.45) is 5.92 Å². The van der Waals surface area contributed by atoms with E-state index in [0.717, 1.165) is 6.42 Å². The molecule has 5 nitrogen and oxygen atoms in total. The van der Waals surface area contributed by atoms with Crippen LogP contribution in [0.4, 0.5) is 0 Å². The zero-order valence-corrected chi connectivity index (χ0v) is 13.8. The Morgan fingerprint density at radius 2 is 1.86 bits per heavy atom. The van der Waals surface area contributed by atoms with Crippen LogP contribution in [0.25, 0.3) is 0 Å². The van der Waals surface area contributed by atoms with Crippen LogP contribution in [-0.4, -0.2) is 26.9 Å². The van der Waals surface area contributed by atoms with Gasteiger partial charge in [0.15, 0.2) is 0 Å². The second-order valence-corrected chi connectivity index (χ2v) is 7.50. The van der Waals surface area contributed by atoms with E-state index in [2.05, 4.69) is 10.0 Å². The van der Waals surface area contributed by atoms with Crippen LogP contribution in [-0.2, 0) is 10.0 Å². The molecule has 118 valence electrons. The molecular formula is C15H24N2O3S. The van der Waals surface area contributed by atoms with Crippen molar-refractivity contribution >= 4 is 15.9 Å². The molecule has 0 radical (unpaired) electrons. The molecule has 1 rings (SSSR count). The first kappa shape index (κ1) is 17.7. The van der Waals surface area contributed by atoms with Crippen molar-refractivity contribution in [2.75, 3.05) is 6.54 Å². The average Bonchev–Trinajstić information content (AvgIpc) is 2.37. The largest absolute Gasteiger partial charge is 0.350 e. The number of amides is 1. The van der Waals surface area contributed by atoms with Gasteiger partial charge in [-0.15, -0.1) is 0 Å². The Kier molecular flexibility index (Phi) is 6.36. The smallest absolute Gasteiger partial charge is 0.251 e. The highest BCUT2D eigenvalue weighted by atomic mass is 32.2. The van der Waals surface area contributed by atoms with Gasteiger partial charge in [0.05, 0.1) is 4.90 Å². The molecule has 0 aliphatic carbocycles. The van der Waals surface area contributed by atoms with Crippen LogP contribution in [0, 0.1) is 5.92 Å². The van der Waals surface area contributed by atoms with E-state index in [4.69, 9.17) is 0 Å². The summed E-state index contributed by atoms with van der Waals surface area (Å²) in [6.45, 7) is 8.16. The zero-order valence-electron chi connectivity index (χ0n) is 13.0. The van der Waals surface area contributed by atoms with Crippen LogP contribution in [0.3, 0.4) is 0 Å². The van der Waals surface area contributed by atoms with E-state index in [9.17, 15) is 13.2 Å². The van der Waals surface area contributed by atoms with Gasteiger partial charge in [-0.3, -0.25) is 4.79 Å². The van der Waals surface area contributed by atoms with E-state index >= 15 is 0 Å². The van der Waals surface area contributed by atoms with Crippen molar-refractivity contribution in [3.8, 4) is 0 Å². The van der Waals surface area contributed by atoms with E-state index < -0.39 is 10.0 Å². The summed E-state index contributed by atoms with van der Waals surface area (Å²) in [4.78, 5) is 12.0. The van der Waals surface area contributed by atoms with E-state index in [1.807, 2.05) is 27.7 Å². The number of carbonyl (C=O) groups is 1. The average molecular weight is 312 g/mol. The molecule has 0 fully saturated rings. The van der Waals surface area contributed by atoms with Gasteiger partial charge < -0.3 is 5.32 Å². The van der Waals surface area contributed by atoms with Gasteiger partial charge in [-0.05, 0) is 44.4 Å². The molecule has 1 aromatic rings. The summed E-state index contributed by atoms with van der Waals surface area (Å²) in [6, 6.07) is 6.07. The highest BCUT2D eigenvalue weighted by Gasteiger charge is 2.16. The Labute approximate surface area is 127 Å². The standard InChI is InChI=1S/C15H24N2O3S/c1-11(2)8-9-16-21(19,20)14-7-5-6-13(10-14)15(18)17-12(3)4/h5-7,10-12,16H,8-9H2,1-4H3,(H,17,18). The van der Waals surface area contributed by atoms with Crippen molar-refractivity contribution in [3.05, 3.63) is 29.8 Å². The topological polar surface area (TPSA) is 75.3 Å². The molecule has 2 N–H and O–H groups in total. The van der Waals surface area contributed by atoms with Gasteiger partial charge in [0.1, 0.15) is 0 Å². The SMILES string of the molecule is CC(C)CCNS(=O)(=O)c1cccc(C(=O)NC(C)C)c1. The van der Waals surface area contributed by atoms with Crippen LogP contribution in [0.2, 0.25) is 0 Å². The maximum absolute atomic E-state index is 12.2. The Hall–Kier alpha value is -1.40. The maximum atomic E-state index is 12.2. The number of nitrogens with one attached hydrogen (secondary N) is 2. The van der Waals surface area contributed by atoms with Crippen molar-refractivity contribution in [1.82, 2.24) is 10.0 Å². The normalized spacial score (nSPS) is 11.9. The van der Waals surface area contributed by atoms with Crippen LogP contribution in [0.1, 0.15) is 44.5 Å². The molecule has 0 spiro atoms. The molecule has 0 atom stereocenters. The number of carbonyl (C=O) groups excluding carboxylic acids is 1. The van der Waals surface area contributed by atoms with Gasteiger partial charge in [0, 0.05) is 18.2 Å². The minimum atomic E-state index is -3.57. The molecular weight excluding hydrogens is 288 g/mol. The van der Waals surface area contributed by atoms with Crippen LogP contribution >= 0.6 is 0 Å². The molecule has 1 amide bonds. The Morgan fingerprint density at radius 1 is 1.19 bits per heavy atom. The van der Waals surface area contributed by atoms with Crippen LogP contribution in [0.5, 0.6) is 0 Å². The zero-order chi connectivity index (χ0) is 16.0. The lowest BCUT2D eigenvalue weighted by Crippen LogP contribution is -2.30. The number of benzene rings is 1. The number of rotatable bonds is 7. The third-order valence-corrected chi connectivity index (χ3v) is 4.30. The fourth-order valence-electron chi connectivity index (χ4n) is 1.72. The summed E-state index contributed by atoms with van der Waals surface area (Å²) < 4.78 is 26.9. The number of sulfonamides is 1. The third kappa shape index (κ3) is 5.85. The Morgan fingerprint density at radius 3 is 2.43 bits per heavy atom. The van der Waals surface area contributed by atoms with Gasteiger partial charge in [0.2, 0.25) is 10.0 Å². The van der Waals surface area contributed by atoms with E-state index in [1.165, 1.54) is 12.1 Å². The predicted octanol–water partition coefficient (Wildman–Crippen LogP) is 2.15. The van der Waals surface area contributed by atoms with Crippen LogP contribution < -0.4 is 10.0 Å². The molecule has 0 saturated heterocycles. The fourth-order valence-corrected chi connectivity index (χ4v) is 2.81.